The van der Waals surface area contributed by atoms with Crippen LogP contribution >= 0.6 is 0 Å². The number of morpholine rings is 1. The van der Waals surface area contributed by atoms with Gasteiger partial charge in [0.25, 0.3) is 5.95 Å². The van der Waals surface area contributed by atoms with Crippen LogP contribution in [0.5, 0.6) is 0 Å². The first-order chi connectivity index (χ1) is 18.0. The molecule has 0 N–H and O–H groups in total. The lowest BCUT2D eigenvalue weighted by Gasteiger charge is -2.47. The maximum Gasteiger partial charge on any atom is 0.253 e. The lowest BCUT2D eigenvalue weighted by atomic mass is 9.86. The topological polar surface area (TPSA) is 126 Å². The fraction of sp³-hybridized carbons (Fsp3) is 0.480. The molecule has 0 bridgehead atoms. The van der Waals surface area contributed by atoms with Gasteiger partial charge in [0.2, 0.25) is 5.91 Å². The van der Waals surface area contributed by atoms with Crippen LogP contribution in [0.1, 0.15) is 40.5 Å². The SMILES string of the molecule is Cc1c(C2CN3CCN(C(=O)C4CCc5nc(-n6cnnn6)ncc5C4)CC3CO2)ccc(F)c1C#N. The molecular formula is C25H26FN9O2. The summed E-state index contributed by atoms with van der Waals surface area (Å²) in [6.07, 6.45) is 5.09. The van der Waals surface area contributed by atoms with Gasteiger partial charge in [0.15, 0.2) is 0 Å². The number of hydrogen-bond acceptors (Lipinski definition) is 9. The molecule has 3 atom stereocenters. The van der Waals surface area contributed by atoms with Gasteiger partial charge in [-0.05, 0) is 59.4 Å². The number of nitriles is 1. The van der Waals surface area contributed by atoms with Crippen molar-refractivity contribution in [1.82, 2.24) is 40.0 Å². The molecule has 190 valence electrons. The largest absolute Gasteiger partial charge is 0.370 e. The summed E-state index contributed by atoms with van der Waals surface area (Å²) in [5.74, 6) is 0.00409. The normalized spacial score (nSPS) is 23.7. The van der Waals surface area contributed by atoms with E-state index in [2.05, 4.69) is 30.4 Å². The molecule has 0 saturated carbocycles. The summed E-state index contributed by atoms with van der Waals surface area (Å²) in [5, 5.41) is 20.4. The molecule has 3 unspecified atom stereocenters. The lowest BCUT2D eigenvalue weighted by Crippen LogP contribution is -2.60. The zero-order valence-electron chi connectivity index (χ0n) is 20.4. The van der Waals surface area contributed by atoms with Crippen molar-refractivity contribution in [3.8, 4) is 12.0 Å². The number of halogens is 1. The second kappa shape index (κ2) is 9.57. The van der Waals surface area contributed by atoms with E-state index in [1.54, 1.807) is 19.2 Å². The molecule has 2 aliphatic heterocycles. The highest BCUT2D eigenvalue weighted by atomic mass is 19.1. The van der Waals surface area contributed by atoms with E-state index in [4.69, 9.17) is 4.74 Å². The van der Waals surface area contributed by atoms with E-state index in [-0.39, 0.29) is 29.5 Å². The van der Waals surface area contributed by atoms with Gasteiger partial charge >= 0.3 is 0 Å². The lowest BCUT2D eigenvalue weighted by molar-refractivity contribution is -0.144. The number of ether oxygens (including phenoxy) is 1. The van der Waals surface area contributed by atoms with Crippen molar-refractivity contribution in [1.29, 1.82) is 5.26 Å². The number of tetrazole rings is 1. The molecule has 1 aliphatic carbocycles. The number of aromatic nitrogens is 6. The Balaban J connectivity index is 1.09. The summed E-state index contributed by atoms with van der Waals surface area (Å²) in [6, 6.07) is 5.13. The van der Waals surface area contributed by atoms with Gasteiger partial charge in [0, 0.05) is 44.0 Å². The predicted octanol–water partition coefficient (Wildman–Crippen LogP) is 1.16. The average Bonchev–Trinajstić information content (AvgIpc) is 3.47. The summed E-state index contributed by atoms with van der Waals surface area (Å²) in [4.78, 5) is 26.7. The van der Waals surface area contributed by atoms with Crippen molar-refractivity contribution >= 4 is 5.91 Å². The predicted molar refractivity (Wildman–Crippen MR) is 127 cm³/mol. The molecule has 3 aromatic rings. The molecule has 0 spiro atoms. The van der Waals surface area contributed by atoms with Crippen molar-refractivity contribution in [3.63, 3.8) is 0 Å². The zero-order chi connectivity index (χ0) is 25.5. The molecule has 2 aromatic heterocycles. The molecule has 2 fully saturated rings. The van der Waals surface area contributed by atoms with Gasteiger partial charge in [-0.25, -0.2) is 14.4 Å². The standard InChI is InChI=1S/C25H26FN9O2/c1-15-19(3-4-21(26)20(15)9-27)23-12-33-6-7-34(11-18(33)13-37-23)24(36)16-2-5-22-17(8-16)10-28-25(30-22)35-14-29-31-32-35/h3-4,10,14,16,18,23H,2,5-8,11-13H2,1H3. The Labute approximate surface area is 212 Å². The highest BCUT2D eigenvalue weighted by Crippen LogP contribution is 2.32. The third kappa shape index (κ3) is 4.34. The number of piperazine rings is 1. The van der Waals surface area contributed by atoms with Crippen LogP contribution in [0.15, 0.2) is 24.7 Å². The van der Waals surface area contributed by atoms with Crippen LogP contribution in [-0.2, 0) is 22.4 Å². The molecule has 11 nitrogen and oxygen atoms in total. The molecule has 37 heavy (non-hydrogen) atoms. The quantitative estimate of drug-likeness (QED) is 0.517. The van der Waals surface area contributed by atoms with Crippen LogP contribution in [0.2, 0.25) is 0 Å². The van der Waals surface area contributed by atoms with E-state index in [0.29, 0.717) is 50.6 Å². The van der Waals surface area contributed by atoms with Crippen LogP contribution < -0.4 is 0 Å². The number of aryl methyl sites for hydroxylation is 1. The van der Waals surface area contributed by atoms with Crippen LogP contribution in [0.4, 0.5) is 4.39 Å². The molecule has 6 rings (SSSR count). The van der Waals surface area contributed by atoms with Crippen molar-refractivity contribution in [2.24, 2.45) is 5.92 Å². The van der Waals surface area contributed by atoms with Crippen molar-refractivity contribution in [2.75, 3.05) is 32.8 Å². The number of carbonyl (C=O) groups excluding carboxylic acids is 1. The minimum Gasteiger partial charge on any atom is -0.370 e. The first-order valence-corrected chi connectivity index (χ1v) is 12.4. The second-order valence-corrected chi connectivity index (χ2v) is 9.84. The number of hydrogen-bond donors (Lipinski definition) is 0. The van der Waals surface area contributed by atoms with E-state index in [1.165, 1.54) is 17.1 Å². The Bertz CT molecular complexity index is 1370. The molecule has 3 aliphatic rings. The Morgan fingerprint density at radius 1 is 1.27 bits per heavy atom. The Morgan fingerprint density at radius 2 is 2.16 bits per heavy atom. The molecule has 12 heteroatoms. The second-order valence-electron chi connectivity index (χ2n) is 9.84. The minimum absolute atomic E-state index is 0.0738. The summed E-state index contributed by atoms with van der Waals surface area (Å²) in [6.45, 7) is 4.93. The van der Waals surface area contributed by atoms with E-state index < -0.39 is 5.82 Å². The number of carbonyl (C=O) groups is 1. The van der Waals surface area contributed by atoms with E-state index in [0.717, 1.165) is 29.8 Å². The van der Waals surface area contributed by atoms with Gasteiger partial charge < -0.3 is 9.64 Å². The molecular weight excluding hydrogens is 477 g/mol. The first-order valence-electron chi connectivity index (χ1n) is 12.4. The minimum atomic E-state index is -0.505. The number of amides is 1. The van der Waals surface area contributed by atoms with E-state index in [1.807, 2.05) is 11.0 Å². The molecule has 4 heterocycles. The Morgan fingerprint density at radius 3 is 2.97 bits per heavy atom. The third-order valence-corrected chi connectivity index (χ3v) is 7.76. The van der Waals surface area contributed by atoms with Crippen LogP contribution in [0.3, 0.4) is 0 Å². The third-order valence-electron chi connectivity index (χ3n) is 7.76. The number of rotatable bonds is 3. The Kier molecular flexibility index (Phi) is 6.10. The van der Waals surface area contributed by atoms with Gasteiger partial charge in [0.1, 0.15) is 18.2 Å². The molecule has 2 saturated heterocycles. The first kappa shape index (κ1) is 23.6. The monoisotopic (exact) mass is 503 g/mol. The van der Waals surface area contributed by atoms with Crippen LogP contribution in [0, 0.1) is 30.0 Å². The maximum atomic E-state index is 14.0. The van der Waals surface area contributed by atoms with Crippen molar-refractivity contribution in [2.45, 2.75) is 38.3 Å². The van der Waals surface area contributed by atoms with Gasteiger partial charge in [0.05, 0.1) is 24.3 Å². The molecule has 0 radical (unpaired) electrons. The fourth-order valence-electron chi connectivity index (χ4n) is 5.68. The van der Waals surface area contributed by atoms with E-state index in [9.17, 15) is 14.4 Å². The summed E-state index contributed by atoms with van der Waals surface area (Å²) in [5.41, 5.74) is 3.49. The Hall–Kier alpha value is -3.82. The van der Waals surface area contributed by atoms with Crippen LogP contribution in [0.25, 0.3) is 5.95 Å². The summed E-state index contributed by atoms with van der Waals surface area (Å²) in [7, 11) is 0. The maximum absolute atomic E-state index is 14.0. The fourth-order valence-corrected chi connectivity index (χ4v) is 5.68. The zero-order valence-corrected chi connectivity index (χ0v) is 20.4. The molecule has 1 amide bonds. The molecule has 1 aromatic carbocycles. The number of fused-ring (bicyclic) bond motifs is 2. The smallest absolute Gasteiger partial charge is 0.253 e. The number of nitrogens with zero attached hydrogens (tertiary/aromatic N) is 9. The van der Waals surface area contributed by atoms with Gasteiger partial charge in [-0.1, -0.05) is 6.07 Å². The average molecular weight is 504 g/mol. The highest BCUT2D eigenvalue weighted by molar-refractivity contribution is 5.79. The van der Waals surface area contributed by atoms with E-state index >= 15 is 0 Å². The summed E-state index contributed by atoms with van der Waals surface area (Å²) >= 11 is 0. The van der Waals surface area contributed by atoms with Gasteiger partial charge in [-0.15, -0.1) is 5.10 Å². The summed E-state index contributed by atoms with van der Waals surface area (Å²) < 4.78 is 21.6. The highest BCUT2D eigenvalue weighted by Gasteiger charge is 2.38. The number of benzene rings is 1. The van der Waals surface area contributed by atoms with Crippen LogP contribution in [-0.4, -0.2) is 84.7 Å². The van der Waals surface area contributed by atoms with Crippen molar-refractivity contribution < 1.29 is 13.9 Å². The van der Waals surface area contributed by atoms with Gasteiger partial charge in [-0.3, -0.25) is 9.69 Å². The van der Waals surface area contributed by atoms with Crippen molar-refractivity contribution in [3.05, 3.63) is 58.4 Å². The van der Waals surface area contributed by atoms with Gasteiger partial charge in [-0.2, -0.15) is 9.94 Å².